The molecule has 0 aliphatic heterocycles. The summed E-state index contributed by atoms with van der Waals surface area (Å²) in [7, 11) is -2.42. The van der Waals surface area contributed by atoms with Gasteiger partial charge >= 0.3 is 0 Å². The highest BCUT2D eigenvalue weighted by Gasteiger charge is 2.15. The highest BCUT2D eigenvalue weighted by atomic mass is 32.2. The Morgan fingerprint density at radius 3 is 2.60 bits per heavy atom. The van der Waals surface area contributed by atoms with Crippen molar-refractivity contribution in [1.29, 1.82) is 0 Å². The molecule has 9 heteroatoms. The Hall–Kier alpha value is -2.26. The maximum atomic E-state index is 13.7. The Balaban J connectivity index is 2.27. The van der Waals surface area contributed by atoms with Gasteiger partial charge in [-0.1, -0.05) is 0 Å². The maximum Gasteiger partial charge on any atom is 0.273 e. The third kappa shape index (κ3) is 2.83. The van der Waals surface area contributed by atoms with Crippen molar-refractivity contribution in [2.24, 2.45) is 12.2 Å². The molecule has 0 atom stereocenters. The predicted molar refractivity (Wildman–Crippen MR) is 68.9 cm³/mol. The third-order valence-electron chi connectivity index (χ3n) is 2.57. The maximum absolute atomic E-state index is 13.7. The summed E-state index contributed by atoms with van der Waals surface area (Å²) in [4.78, 5) is 11.5. The number of aryl methyl sites for hydroxylation is 1. The number of sulfonamides is 1. The highest BCUT2D eigenvalue weighted by Crippen LogP contribution is 2.18. The summed E-state index contributed by atoms with van der Waals surface area (Å²) in [6.45, 7) is 0. The van der Waals surface area contributed by atoms with Gasteiger partial charge in [0.2, 0.25) is 10.0 Å². The first-order valence-electron chi connectivity index (χ1n) is 5.41. The smallest absolute Gasteiger partial charge is 0.273 e. The minimum atomic E-state index is -3.99. The van der Waals surface area contributed by atoms with Crippen LogP contribution in [0.1, 0.15) is 10.5 Å². The fraction of sp³-hybridized carbons (Fsp3) is 0.0909. The summed E-state index contributed by atoms with van der Waals surface area (Å²) < 4.78 is 37.2. The molecule has 0 aliphatic carbocycles. The molecule has 0 saturated carbocycles. The second kappa shape index (κ2) is 5.02. The fourth-order valence-corrected chi connectivity index (χ4v) is 2.08. The van der Waals surface area contributed by atoms with Gasteiger partial charge in [-0.15, -0.1) is 0 Å². The number of carbonyl (C=O) groups excluding carboxylic acids is 1. The van der Waals surface area contributed by atoms with Gasteiger partial charge in [0, 0.05) is 13.2 Å². The summed E-state index contributed by atoms with van der Waals surface area (Å²) in [5.41, 5.74) is 0.0866. The number of halogens is 1. The van der Waals surface area contributed by atoms with E-state index in [0.717, 1.165) is 18.2 Å². The van der Waals surface area contributed by atoms with Crippen molar-refractivity contribution in [2.75, 3.05) is 5.32 Å². The molecule has 0 fully saturated rings. The lowest BCUT2D eigenvalue weighted by Crippen LogP contribution is -2.17. The van der Waals surface area contributed by atoms with Crippen LogP contribution in [0, 0.1) is 5.82 Å². The topological polar surface area (TPSA) is 107 Å². The van der Waals surface area contributed by atoms with Crippen molar-refractivity contribution in [1.82, 2.24) is 9.78 Å². The van der Waals surface area contributed by atoms with E-state index in [0.29, 0.717) is 0 Å². The second-order valence-corrected chi connectivity index (χ2v) is 5.54. The lowest BCUT2D eigenvalue weighted by Gasteiger charge is -2.07. The molecule has 7 nitrogen and oxygen atoms in total. The average Bonchev–Trinajstić information content (AvgIpc) is 2.76. The van der Waals surface area contributed by atoms with Crippen molar-refractivity contribution in [3.05, 3.63) is 42.0 Å². The van der Waals surface area contributed by atoms with Crippen LogP contribution >= 0.6 is 0 Å². The summed E-state index contributed by atoms with van der Waals surface area (Å²) in [5, 5.41) is 11.0. The second-order valence-electron chi connectivity index (χ2n) is 3.98. The molecule has 106 valence electrons. The van der Waals surface area contributed by atoms with Gasteiger partial charge in [0.05, 0.1) is 10.6 Å². The van der Waals surface area contributed by atoms with Gasteiger partial charge in [-0.3, -0.25) is 9.48 Å². The van der Waals surface area contributed by atoms with E-state index in [2.05, 4.69) is 10.4 Å². The van der Waals surface area contributed by atoms with Crippen LogP contribution in [0.2, 0.25) is 0 Å². The van der Waals surface area contributed by atoms with Crippen LogP contribution in [0.5, 0.6) is 0 Å². The minimum Gasteiger partial charge on any atom is -0.318 e. The number of benzene rings is 1. The van der Waals surface area contributed by atoms with E-state index in [4.69, 9.17) is 5.14 Å². The largest absolute Gasteiger partial charge is 0.318 e. The number of rotatable bonds is 3. The van der Waals surface area contributed by atoms with Crippen LogP contribution in [0.15, 0.2) is 35.4 Å². The number of amides is 1. The summed E-state index contributed by atoms with van der Waals surface area (Å²) >= 11 is 0. The van der Waals surface area contributed by atoms with E-state index in [9.17, 15) is 17.6 Å². The molecule has 1 heterocycles. The van der Waals surface area contributed by atoms with Crippen molar-refractivity contribution in [3.8, 4) is 0 Å². The van der Waals surface area contributed by atoms with Crippen LogP contribution in [0.25, 0.3) is 0 Å². The van der Waals surface area contributed by atoms with Gasteiger partial charge in [-0.25, -0.2) is 17.9 Å². The molecule has 20 heavy (non-hydrogen) atoms. The number of nitrogens with zero attached hydrogens (tertiary/aromatic N) is 2. The number of anilines is 1. The number of carbonyl (C=O) groups is 1. The van der Waals surface area contributed by atoms with Gasteiger partial charge in [0.1, 0.15) is 11.5 Å². The zero-order valence-electron chi connectivity index (χ0n) is 10.4. The molecule has 0 aliphatic rings. The average molecular weight is 298 g/mol. The zero-order valence-corrected chi connectivity index (χ0v) is 11.2. The zero-order chi connectivity index (χ0) is 14.9. The molecule has 0 saturated heterocycles. The lowest BCUT2D eigenvalue weighted by atomic mass is 10.3. The molecule has 1 amide bonds. The molecule has 3 N–H and O–H groups in total. The molecule has 1 aromatic carbocycles. The van der Waals surface area contributed by atoms with Crippen molar-refractivity contribution in [3.63, 3.8) is 0 Å². The molecular weight excluding hydrogens is 287 g/mol. The first-order valence-corrected chi connectivity index (χ1v) is 6.95. The fourth-order valence-electron chi connectivity index (χ4n) is 1.56. The van der Waals surface area contributed by atoms with Crippen molar-refractivity contribution >= 4 is 21.6 Å². The van der Waals surface area contributed by atoms with E-state index in [1.54, 1.807) is 7.05 Å². The Morgan fingerprint density at radius 1 is 1.40 bits per heavy atom. The predicted octanol–water partition coefficient (Wildman–Crippen LogP) is 0.459. The van der Waals surface area contributed by atoms with E-state index >= 15 is 0 Å². The quantitative estimate of drug-likeness (QED) is 0.858. The van der Waals surface area contributed by atoms with Gasteiger partial charge in [-0.05, 0) is 24.3 Å². The Kier molecular flexibility index (Phi) is 3.55. The standard InChI is InChI=1S/C11H11FN4O3S/c1-16-10(4-5-14-16)11(17)15-9-3-2-7(6-8(9)12)20(13,18)19/h2-6H,1H3,(H,15,17)(H2,13,18,19). The number of nitrogens with one attached hydrogen (secondary N) is 1. The molecule has 2 aromatic rings. The van der Waals surface area contributed by atoms with E-state index < -0.39 is 21.7 Å². The van der Waals surface area contributed by atoms with Crippen LogP contribution in [-0.4, -0.2) is 24.1 Å². The molecule has 2 rings (SSSR count). The SMILES string of the molecule is Cn1nccc1C(=O)Nc1ccc(S(N)(=O)=O)cc1F. The summed E-state index contributed by atoms with van der Waals surface area (Å²) in [6.07, 6.45) is 1.43. The van der Waals surface area contributed by atoms with Crippen LogP contribution in [-0.2, 0) is 17.1 Å². The summed E-state index contributed by atoms with van der Waals surface area (Å²) in [5.74, 6) is -1.46. The number of nitrogens with two attached hydrogens (primary N) is 1. The van der Waals surface area contributed by atoms with E-state index in [-0.39, 0.29) is 16.3 Å². The Morgan fingerprint density at radius 2 is 2.10 bits per heavy atom. The van der Waals surface area contributed by atoms with Crippen LogP contribution in [0.3, 0.4) is 0 Å². The van der Waals surface area contributed by atoms with Gasteiger partial charge in [0.15, 0.2) is 0 Å². The van der Waals surface area contributed by atoms with E-state index in [1.807, 2.05) is 0 Å². The van der Waals surface area contributed by atoms with E-state index in [1.165, 1.54) is 16.9 Å². The Bertz CT molecular complexity index is 770. The Labute approximate surface area is 114 Å². The van der Waals surface area contributed by atoms with Crippen LogP contribution in [0.4, 0.5) is 10.1 Å². The molecule has 0 unspecified atom stereocenters. The lowest BCUT2D eigenvalue weighted by molar-refractivity contribution is 0.101. The first kappa shape index (κ1) is 14.2. The first-order chi connectivity index (χ1) is 9.29. The number of aromatic nitrogens is 2. The molecule has 0 spiro atoms. The molecule has 1 aromatic heterocycles. The monoisotopic (exact) mass is 298 g/mol. The molecule has 0 bridgehead atoms. The minimum absolute atomic E-state index is 0.149. The highest BCUT2D eigenvalue weighted by molar-refractivity contribution is 7.89. The number of hydrogen-bond donors (Lipinski definition) is 2. The van der Waals surface area contributed by atoms with Gasteiger partial charge in [0.25, 0.3) is 5.91 Å². The summed E-state index contributed by atoms with van der Waals surface area (Å²) in [6, 6.07) is 4.45. The van der Waals surface area contributed by atoms with Gasteiger partial charge in [-0.2, -0.15) is 5.10 Å². The van der Waals surface area contributed by atoms with Crippen molar-refractivity contribution in [2.45, 2.75) is 4.90 Å². The number of primary sulfonamides is 1. The van der Waals surface area contributed by atoms with Crippen molar-refractivity contribution < 1.29 is 17.6 Å². The normalized spacial score (nSPS) is 11.3. The van der Waals surface area contributed by atoms with Gasteiger partial charge < -0.3 is 5.32 Å². The van der Waals surface area contributed by atoms with Crippen LogP contribution < -0.4 is 10.5 Å². The number of hydrogen-bond acceptors (Lipinski definition) is 4. The molecule has 0 radical (unpaired) electrons. The third-order valence-corrected chi connectivity index (χ3v) is 3.48. The molecular formula is C11H11FN4O3S.